The summed E-state index contributed by atoms with van der Waals surface area (Å²) in [6, 6.07) is 0. The fourth-order valence-electron chi connectivity index (χ4n) is 1.83. The highest BCUT2D eigenvalue weighted by molar-refractivity contribution is 5.75. The standard InChI is InChI=1S/C10H14N2O3/c1-8-4-11-12(5-8)6-10(9(13)14)2-3-15-7-10/h4-5H,2-3,6-7H2,1H3,(H,13,14). The van der Waals surface area contributed by atoms with Crippen LogP contribution in [0.1, 0.15) is 12.0 Å². The molecule has 0 aliphatic carbocycles. The maximum Gasteiger partial charge on any atom is 0.313 e. The Morgan fingerprint density at radius 1 is 1.80 bits per heavy atom. The molecule has 15 heavy (non-hydrogen) atoms. The Labute approximate surface area is 87.7 Å². The van der Waals surface area contributed by atoms with Crippen LogP contribution in [-0.4, -0.2) is 34.1 Å². The Balaban J connectivity index is 2.17. The Hall–Kier alpha value is -1.36. The molecule has 5 heteroatoms. The van der Waals surface area contributed by atoms with Gasteiger partial charge in [0.15, 0.2) is 0 Å². The van der Waals surface area contributed by atoms with E-state index < -0.39 is 11.4 Å². The molecule has 5 nitrogen and oxygen atoms in total. The van der Waals surface area contributed by atoms with Crippen molar-refractivity contribution in [3.05, 3.63) is 18.0 Å². The van der Waals surface area contributed by atoms with E-state index in [1.807, 2.05) is 13.1 Å². The summed E-state index contributed by atoms with van der Waals surface area (Å²) in [7, 11) is 0. The van der Waals surface area contributed by atoms with Crippen molar-refractivity contribution >= 4 is 5.97 Å². The second-order valence-corrected chi connectivity index (χ2v) is 4.10. The summed E-state index contributed by atoms with van der Waals surface area (Å²) in [6.07, 6.45) is 4.13. The number of hydrogen-bond acceptors (Lipinski definition) is 3. The third kappa shape index (κ3) is 1.87. The first kappa shape index (κ1) is 10.2. The lowest BCUT2D eigenvalue weighted by Crippen LogP contribution is -2.36. The Bertz CT molecular complexity index is 366. The molecule has 1 atom stereocenters. The maximum absolute atomic E-state index is 11.2. The highest BCUT2D eigenvalue weighted by atomic mass is 16.5. The monoisotopic (exact) mass is 210 g/mol. The first-order valence-electron chi connectivity index (χ1n) is 4.93. The molecule has 1 unspecified atom stereocenters. The van der Waals surface area contributed by atoms with Crippen LogP contribution in [0.2, 0.25) is 0 Å². The summed E-state index contributed by atoms with van der Waals surface area (Å²) >= 11 is 0. The molecule has 1 aromatic rings. The molecule has 1 fully saturated rings. The van der Waals surface area contributed by atoms with Gasteiger partial charge in [-0.1, -0.05) is 0 Å². The zero-order chi connectivity index (χ0) is 10.9. The van der Waals surface area contributed by atoms with E-state index in [4.69, 9.17) is 4.74 Å². The molecular formula is C10H14N2O3. The van der Waals surface area contributed by atoms with Gasteiger partial charge < -0.3 is 9.84 Å². The van der Waals surface area contributed by atoms with E-state index in [0.717, 1.165) is 5.56 Å². The minimum absolute atomic E-state index is 0.279. The average Bonchev–Trinajstić information content (AvgIpc) is 2.77. The van der Waals surface area contributed by atoms with Gasteiger partial charge in [-0.05, 0) is 18.9 Å². The van der Waals surface area contributed by atoms with Crippen LogP contribution in [0.15, 0.2) is 12.4 Å². The van der Waals surface area contributed by atoms with E-state index in [-0.39, 0.29) is 6.61 Å². The number of hydrogen-bond donors (Lipinski definition) is 1. The maximum atomic E-state index is 11.2. The minimum atomic E-state index is -0.798. The van der Waals surface area contributed by atoms with Crippen molar-refractivity contribution in [3.63, 3.8) is 0 Å². The molecule has 0 aromatic carbocycles. The Morgan fingerprint density at radius 2 is 2.60 bits per heavy atom. The van der Waals surface area contributed by atoms with Crippen molar-refractivity contribution in [1.29, 1.82) is 0 Å². The topological polar surface area (TPSA) is 64.4 Å². The van der Waals surface area contributed by atoms with Crippen LogP contribution in [0.25, 0.3) is 0 Å². The lowest BCUT2D eigenvalue weighted by molar-refractivity contribution is -0.150. The van der Waals surface area contributed by atoms with E-state index in [1.165, 1.54) is 0 Å². The zero-order valence-electron chi connectivity index (χ0n) is 8.64. The van der Waals surface area contributed by atoms with Crippen LogP contribution < -0.4 is 0 Å². The summed E-state index contributed by atoms with van der Waals surface area (Å²) < 4.78 is 6.86. The second kappa shape index (κ2) is 3.66. The molecule has 0 amide bonds. The van der Waals surface area contributed by atoms with Crippen LogP contribution in [0, 0.1) is 12.3 Å². The van der Waals surface area contributed by atoms with Crippen LogP contribution in [0.5, 0.6) is 0 Å². The molecule has 0 saturated carbocycles. The normalized spacial score (nSPS) is 25.7. The number of nitrogens with zero attached hydrogens (tertiary/aromatic N) is 2. The summed E-state index contributed by atoms with van der Waals surface area (Å²) in [5.74, 6) is -0.798. The van der Waals surface area contributed by atoms with Gasteiger partial charge in [0.05, 0.1) is 19.3 Å². The molecular weight excluding hydrogens is 196 g/mol. The van der Waals surface area contributed by atoms with Crippen LogP contribution in [0.4, 0.5) is 0 Å². The molecule has 0 bridgehead atoms. The van der Waals surface area contributed by atoms with Crippen molar-refractivity contribution in [2.45, 2.75) is 19.9 Å². The lowest BCUT2D eigenvalue weighted by Gasteiger charge is -2.21. The molecule has 2 rings (SSSR count). The second-order valence-electron chi connectivity index (χ2n) is 4.10. The molecule has 1 aliphatic rings. The van der Waals surface area contributed by atoms with E-state index in [0.29, 0.717) is 19.6 Å². The first-order chi connectivity index (χ1) is 7.12. The molecule has 1 saturated heterocycles. The SMILES string of the molecule is Cc1cnn(CC2(C(=O)O)CCOC2)c1. The van der Waals surface area contributed by atoms with Crippen LogP contribution in [-0.2, 0) is 16.1 Å². The average molecular weight is 210 g/mol. The van der Waals surface area contributed by atoms with Gasteiger partial charge in [-0.3, -0.25) is 9.48 Å². The minimum Gasteiger partial charge on any atom is -0.481 e. The summed E-state index contributed by atoms with van der Waals surface area (Å²) in [4.78, 5) is 11.2. The molecule has 1 aromatic heterocycles. The van der Waals surface area contributed by atoms with E-state index in [2.05, 4.69) is 5.10 Å². The quantitative estimate of drug-likeness (QED) is 0.796. The number of ether oxygens (including phenoxy) is 1. The van der Waals surface area contributed by atoms with Crippen LogP contribution >= 0.6 is 0 Å². The highest BCUT2D eigenvalue weighted by Crippen LogP contribution is 2.30. The van der Waals surface area contributed by atoms with Crippen molar-refractivity contribution < 1.29 is 14.6 Å². The largest absolute Gasteiger partial charge is 0.481 e. The highest BCUT2D eigenvalue weighted by Gasteiger charge is 2.43. The van der Waals surface area contributed by atoms with Crippen molar-refractivity contribution in [3.8, 4) is 0 Å². The number of carbonyl (C=O) groups is 1. The number of carboxylic acid groups (broad SMARTS) is 1. The van der Waals surface area contributed by atoms with Gasteiger partial charge in [-0.25, -0.2) is 0 Å². The Kier molecular flexibility index (Phi) is 2.48. The number of rotatable bonds is 3. The molecule has 0 spiro atoms. The summed E-state index contributed by atoms with van der Waals surface area (Å²) in [5.41, 5.74) is 0.243. The predicted octanol–water partition coefficient (Wildman–Crippen LogP) is 0.683. The van der Waals surface area contributed by atoms with E-state index in [9.17, 15) is 9.90 Å². The van der Waals surface area contributed by atoms with Crippen LogP contribution in [0.3, 0.4) is 0 Å². The van der Waals surface area contributed by atoms with Gasteiger partial charge in [-0.2, -0.15) is 5.10 Å². The molecule has 1 N–H and O–H groups in total. The summed E-state index contributed by atoms with van der Waals surface area (Å²) in [5, 5.41) is 13.3. The Morgan fingerprint density at radius 3 is 3.07 bits per heavy atom. The van der Waals surface area contributed by atoms with Gasteiger partial charge in [0, 0.05) is 12.8 Å². The zero-order valence-corrected chi connectivity index (χ0v) is 8.64. The van der Waals surface area contributed by atoms with Gasteiger partial charge in [0.25, 0.3) is 0 Å². The third-order valence-electron chi connectivity index (χ3n) is 2.78. The molecule has 0 radical (unpaired) electrons. The van der Waals surface area contributed by atoms with Gasteiger partial charge in [0.1, 0.15) is 5.41 Å². The third-order valence-corrected chi connectivity index (χ3v) is 2.78. The number of aryl methyl sites for hydroxylation is 1. The van der Waals surface area contributed by atoms with Gasteiger partial charge in [-0.15, -0.1) is 0 Å². The molecule has 1 aliphatic heterocycles. The van der Waals surface area contributed by atoms with Crippen molar-refractivity contribution in [1.82, 2.24) is 9.78 Å². The first-order valence-corrected chi connectivity index (χ1v) is 4.93. The summed E-state index contributed by atoms with van der Waals surface area (Å²) in [6.45, 7) is 3.12. The number of aliphatic carboxylic acids is 1. The molecule has 2 heterocycles. The van der Waals surface area contributed by atoms with Gasteiger partial charge >= 0.3 is 5.97 Å². The number of carboxylic acids is 1. The molecule has 82 valence electrons. The smallest absolute Gasteiger partial charge is 0.313 e. The van der Waals surface area contributed by atoms with Crippen molar-refractivity contribution in [2.24, 2.45) is 5.41 Å². The van der Waals surface area contributed by atoms with Gasteiger partial charge in [0.2, 0.25) is 0 Å². The predicted molar refractivity (Wildman–Crippen MR) is 52.5 cm³/mol. The fraction of sp³-hybridized carbons (Fsp3) is 0.600. The van der Waals surface area contributed by atoms with E-state index >= 15 is 0 Å². The van der Waals surface area contributed by atoms with Crippen molar-refractivity contribution in [2.75, 3.05) is 13.2 Å². The number of aromatic nitrogens is 2. The fourth-order valence-corrected chi connectivity index (χ4v) is 1.83. The lowest BCUT2D eigenvalue weighted by atomic mass is 9.87. The van der Waals surface area contributed by atoms with E-state index in [1.54, 1.807) is 10.9 Å².